The molecule has 0 saturated carbocycles. The number of fused-ring (bicyclic) bond motifs is 1. The van der Waals surface area contributed by atoms with Crippen molar-refractivity contribution in [2.45, 2.75) is 40.2 Å². The molecular formula is C16H23N3. The average Bonchev–Trinajstić information content (AvgIpc) is 2.36. The fourth-order valence-corrected chi connectivity index (χ4v) is 2.50. The molecule has 1 heterocycles. The Morgan fingerprint density at radius 1 is 1.26 bits per heavy atom. The molecule has 19 heavy (non-hydrogen) atoms. The van der Waals surface area contributed by atoms with Gasteiger partial charge < -0.3 is 10.6 Å². The van der Waals surface area contributed by atoms with Gasteiger partial charge in [-0.25, -0.2) is 0 Å². The zero-order valence-corrected chi connectivity index (χ0v) is 12.3. The number of aryl methyl sites for hydroxylation is 1. The van der Waals surface area contributed by atoms with E-state index in [9.17, 15) is 0 Å². The molecule has 0 saturated heterocycles. The highest BCUT2D eigenvalue weighted by molar-refractivity contribution is 6.01. The van der Waals surface area contributed by atoms with E-state index in [0.29, 0.717) is 6.04 Å². The van der Waals surface area contributed by atoms with Crippen LogP contribution in [0.3, 0.4) is 0 Å². The third-order valence-corrected chi connectivity index (χ3v) is 3.45. The van der Waals surface area contributed by atoms with Gasteiger partial charge in [0.1, 0.15) is 0 Å². The van der Waals surface area contributed by atoms with Gasteiger partial charge in [0, 0.05) is 46.6 Å². The minimum Gasteiger partial charge on any atom is -0.398 e. The van der Waals surface area contributed by atoms with Crippen LogP contribution in [-0.4, -0.2) is 17.6 Å². The smallest absolute Gasteiger partial charge is 0.0450 e. The predicted molar refractivity (Wildman–Crippen MR) is 83.7 cm³/mol. The molecule has 0 fully saturated rings. The molecule has 2 aromatic rings. The van der Waals surface area contributed by atoms with E-state index < -0.39 is 0 Å². The Morgan fingerprint density at radius 2 is 2.00 bits per heavy atom. The van der Waals surface area contributed by atoms with Gasteiger partial charge in [-0.3, -0.25) is 4.98 Å². The maximum Gasteiger partial charge on any atom is 0.0450 e. The maximum absolute atomic E-state index is 6.07. The van der Waals surface area contributed by atoms with Crippen LogP contribution in [0.15, 0.2) is 24.4 Å². The number of nitrogens with two attached hydrogens (primary N) is 1. The van der Waals surface area contributed by atoms with Gasteiger partial charge in [-0.2, -0.15) is 0 Å². The van der Waals surface area contributed by atoms with Crippen molar-refractivity contribution in [3.8, 4) is 0 Å². The normalized spacial score (nSPS) is 11.2. The van der Waals surface area contributed by atoms with E-state index >= 15 is 0 Å². The molecule has 3 nitrogen and oxygen atoms in total. The van der Waals surface area contributed by atoms with Crippen LogP contribution in [0.4, 0.5) is 11.4 Å². The van der Waals surface area contributed by atoms with E-state index in [1.54, 1.807) is 0 Å². The lowest BCUT2D eigenvalue weighted by molar-refractivity contribution is 0.673. The summed E-state index contributed by atoms with van der Waals surface area (Å²) in [6, 6.07) is 6.72. The van der Waals surface area contributed by atoms with Crippen LogP contribution in [0, 0.1) is 6.92 Å². The Bertz CT molecular complexity index is 575. The summed E-state index contributed by atoms with van der Waals surface area (Å²) in [5.74, 6) is 0. The van der Waals surface area contributed by atoms with Gasteiger partial charge in [-0.05, 0) is 45.4 Å². The van der Waals surface area contributed by atoms with Crippen LogP contribution in [0.2, 0.25) is 0 Å². The molecule has 0 unspecified atom stereocenters. The van der Waals surface area contributed by atoms with Crippen LogP contribution in [0.25, 0.3) is 10.8 Å². The SMILES string of the molecule is CCCN(c1ccc(N)c2cnc(C)cc12)C(C)C. The summed E-state index contributed by atoms with van der Waals surface area (Å²) in [5, 5.41) is 2.25. The molecule has 0 bridgehead atoms. The third-order valence-electron chi connectivity index (χ3n) is 3.45. The van der Waals surface area contributed by atoms with Crippen molar-refractivity contribution in [2.24, 2.45) is 0 Å². The minimum atomic E-state index is 0.472. The fraction of sp³-hybridized carbons (Fsp3) is 0.438. The minimum absolute atomic E-state index is 0.472. The molecule has 0 spiro atoms. The first-order chi connectivity index (χ1) is 9.04. The van der Waals surface area contributed by atoms with Crippen molar-refractivity contribution in [2.75, 3.05) is 17.2 Å². The molecule has 1 aromatic heterocycles. The summed E-state index contributed by atoms with van der Waals surface area (Å²) in [6.45, 7) is 9.74. The second-order valence-corrected chi connectivity index (χ2v) is 5.33. The molecule has 2 rings (SSSR count). The van der Waals surface area contributed by atoms with E-state index in [2.05, 4.69) is 42.8 Å². The van der Waals surface area contributed by atoms with Crippen molar-refractivity contribution in [3.63, 3.8) is 0 Å². The monoisotopic (exact) mass is 257 g/mol. The highest BCUT2D eigenvalue weighted by atomic mass is 15.1. The Labute approximate surface area is 115 Å². The van der Waals surface area contributed by atoms with Gasteiger partial charge in [0.15, 0.2) is 0 Å². The summed E-state index contributed by atoms with van der Waals surface area (Å²) in [7, 11) is 0. The van der Waals surface area contributed by atoms with Gasteiger partial charge in [-0.1, -0.05) is 6.92 Å². The van der Waals surface area contributed by atoms with E-state index in [-0.39, 0.29) is 0 Å². The lowest BCUT2D eigenvalue weighted by Crippen LogP contribution is -2.31. The van der Waals surface area contributed by atoms with E-state index in [4.69, 9.17) is 5.73 Å². The van der Waals surface area contributed by atoms with Gasteiger partial charge in [0.05, 0.1) is 0 Å². The van der Waals surface area contributed by atoms with E-state index in [0.717, 1.165) is 29.7 Å². The topological polar surface area (TPSA) is 42.1 Å². The average molecular weight is 257 g/mol. The molecule has 0 aliphatic rings. The second kappa shape index (κ2) is 5.47. The number of hydrogen-bond acceptors (Lipinski definition) is 3. The van der Waals surface area contributed by atoms with Gasteiger partial charge in [0.25, 0.3) is 0 Å². The highest BCUT2D eigenvalue weighted by Crippen LogP contribution is 2.32. The Hall–Kier alpha value is -1.77. The van der Waals surface area contributed by atoms with E-state index in [1.165, 1.54) is 11.1 Å². The standard InChI is InChI=1S/C16H23N3/c1-5-8-19(11(2)3)16-7-6-15(17)14-10-18-12(4)9-13(14)16/h6-7,9-11H,5,8,17H2,1-4H3. The highest BCUT2D eigenvalue weighted by Gasteiger charge is 2.14. The number of nitrogen functional groups attached to an aromatic ring is 1. The van der Waals surface area contributed by atoms with Crippen molar-refractivity contribution in [3.05, 3.63) is 30.1 Å². The summed E-state index contributed by atoms with van der Waals surface area (Å²) >= 11 is 0. The quantitative estimate of drug-likeness (QED) is 0.848. The molecule has 0 aliphatic carbocycles. The van der Waals surface area contributed by atoms with E-state index in [1.807, 2.05) is 19.2 Å². The first-order valence-electron chi connectivity index (χ1n) is 6.96. The van der Waals surface area contributed by atoms with Crippen molar-refractivity contribution < 1.29 is 0 Å². The number of anilines is 2. The maximum atomic E-state index is 6.07. The number of aromatic nitrogens is 1. The van der Waals surface area contributed by atoms with Crippen LogP contribution in [0.5, 0.6) is 0 Å². The van der Waals surface area contributed by atoms with Crippen LogP contribution < -0.4 is 10.6 Å². The van der Waals surface area contributed by atoms with Gasteiger partial charge in [0.2, 0.25) is 0 Å². The number of pyridine rings is 1. The summed E-state index contributed by atoms with van der Waals surface area (Å²) < 4.78 is 0. The van der Waals surface area contributed by atoms with Crippen LogP contribution in [-0.2, 0) is 0 Å². The Balaban J connectivity index is 2.65. The molecule has 0 amide bonds. The van der Waals surface area contributed by atoms with Gasteiger partial charge >= 0.3 is 0 Å². The number of benzene rings is 1. The second-order valence-electron chi connectivity index (χ2n) is 5.33. The molecule has 0 atom stereocenters. The summed E-state index contributed by atoms with van der Waals surface area (Å²) in [5.41, 5.74) is 9.15. The Morgan fingerprint density at radius 3 is 2.63 bits per heavy atom. The van der Waals surface area contributed by atoms with Gasteiger partial charge in [-0.15, -0.1) is 0 Å². The third kappa shape index (κ3) is 2.65. The number of rotatable bonds is 4. The zero-order chi connectivity index (χ0) is 14.0. The molecule has 0 radical (unpaired) electrons. The predicted octanol–water partition coefficient (Wildman–Crippen LogP) is 3.75. The lowest BCUT2D eigenvalue weighted by Gasteiger charge is -2.30. The summed E-state index contributed by atoms with van der Waals surface area (Å²) in [6.07, 6.45) is 3.02. The largest absolute Gasteiger partial charge is 0.398 e. The first kappa shape index (κ1) is 13.7. The molecule has 1 aromatic carbocycles. The summed E-state index contributed by atoms with van der Waals surface area (Å²) in [4.78, 5) is 6.79. The molecular weight excluding hydrogens is 234 g/mol. The lowest BCUT2D eigenvalue weighted by atomic mass is 10.1. The van der Waals surface area contributed by atoms with Crippen molar-refractivity contribution >= 4 is 22.1 Å². The molecule has 102 valence electrons. The fourth-order valence-electron chi connectivity index (χ4n) is 2.50. The number of hydrogen-bond donors (Lipinski definition) is 1. The first-order valence-corrected chi connectivity index (χ1v) is 6.96. The molecule has 3 heteroatoms. The molecule has 0 aliphatic heterocycles. The van der Waals surface area contributed by atoms with Crippen LogP contribution >= 0.6 is 0 Å². The molecule has 2 N–H and O–H groups in total. The Kier molecular flexibility index (Phi) is 3.93. The van der Waals surface area contributed by atoms with Crippen LogP contribution in [0.1, 0.15) is 32.9 Å². The van der Waals surface area contributed by atoms with Crippen molar-refractivity contribution in [1.82, 2.24) is 4.98 Å². The van der Waals surface area contributed by atoms with Crippen molar-refractivity contribution in [1.29, 1.82) is 0 Å². The number of nitrogens with zero attached hydrogens (tertiary/aromatic N) is 2. The zero-order valence-electron chi connectivity index (χ0n) is 12.3.